The summed E-state index contributed by atoms with van der Waals surface area (Å²) in [6.07, 6.45) is 0. The lowest BCUT2D eigenvalue weighted by Gasteiger charge is -2.11. The Bertz CT molecular complexity index is 1160. The Balaban J connectivity index is 1.73. The van der Waals surface area contributed by atoms with Crippen LogP contribution in [0.3, 0.4) is 0 Å². The number of hydrogen-bond acceptors (Lipinski definition) is 3. The number of sulfonamides is 1. The molecule has 0 fully saturated rings. The molecule has 0 aliphatic rings. The molecular weight excluding hydrogens is 398 g/mol. The van der Waals surface area contributed by atoms with Crippen molar-refractivity contribution < 1.29 is 22.0 Å². The van der Waals surface area contributed by atoms with Crippen molar-refractivity contribution in [3.63, 3.8) is 0 Å². The van der Waals surface area contributed by atoms with Crippen molar-refractivity contribution in [3.05, 3.63) is 95.1 Å². The standard InChI is InChI=1S/C21H18F2N2O3S/c1-14-8-9-19(12-20(14)23)29(27,28)25-18-7-3-5-16(11-18)21(26)24-13-15-4-2-6-17(22)10-15/h2-12,25H,13H2,1H3,(H,24,26). The fourth-order valence-electron chi connectivity index (χ4n) is 2.61. The molecule has 0 unspecified atom stereocenters. The molecule has 0 atom stereocenters. The summed E-state index contributed by atoms with van der Waals surface area (Å²) in [6, 6.07) is 15.3. The second-order valence-corrected chi connectivity index (χ2v) is 8.09. The summed E-state index contributed by atoms with van der Waals surface area (Å²) in [6.45, 7) is 1.65. The minimum absolute atomic E-state index is 0.120. The van der Waals surface area contributed by atoms with Crippen LogP contribution in [0.25, 0.3) is 0 Å². The Morgan fingerprint density at radius 1 is 0.966 bits per heavy atom. The number of carbonyl (C=O) groups excluding carboxylic acids is 1. The number of anilines is 1. The largest absolute Gasteiger partial charge is 0.348 e. The maximum atomic E-state index is 13.7. The van der Waals surface area contributed by atoms with E-state index in [9.17, 15) is 22.0 Å². The summed E-state index contributed by atoms with van der Waals surface area (Å²) < 4.78 is 54.2. The van der Waals surface area contributed by atoms with Crippen LogP contribution in [-0.2, 0) is 16.6 Å². The average Bonchev–Trinajstić information content (AvgIpc) is 2.68. The molecule has 0 aliphatic heterocycles. The summed E-state index contributed by atoms with van der Waals surface area (Å²) in [5, 5.41) is 2.65. The second kappa shape index (κ2) is 8.40. The van der Waals surface area contributed by atoms with Crippen molar-refractivity contribution in [2.24, 2.45) is 0 Å². The number of rotatable bonds is 6. The maximum Gasteiger partial charge on any atom is 0.261 e. The van der Waals surface area contributed by atoms with Gasteiger partial charge >= 0.3 is 0 Å². The van der Waals surface area contributed by atoms with Crippen molar-refractivity contribution >= 4 is 21.6 Å². The van der Waals surface area contributed by atoms with Crippen LogP contribution >= 0.6 is 0 Å². The van der Waals surface area contributed by atoms with Crippen LogP contribution in [0, 0.1) is 18.6 Å². The zero-order valence-corrected chi connectivity index (χ0v) is 16.3. The van der Waals surface area contributed by atoms with E-state index in [1.54, 1.807) is 12.1 Å². The van der Waals surface area contributed by atoms with Gasteiger partial charge in [-0.25, -0.2) is 17.2 Å². The van der Waals surface area contributed by atoms with Crippen LogP contribution in [0.5, 0.6) is 0 Å². The molecule has 0 radical (unpaired) electrons. The van der Waals surface area contributed by atoms with E-state index in [1.165, 1.54) is 55.5 Å². The SMILES string of the molecule is Cc1ccc(S(=O)(=O)Nc2cccc(C(=O)NCc3cccc(F)c3)c2)cc1F. The van der Waals surface area contributed by atoms with Gasteiger partial charge in [0.2, 0.25) is 0 Å². The predicted octanol–water partition coefficient (Wildman–Crippen LogP) is 4.00. The van der Waals surface area contributed by atoms with Crippen molar-refractivity contribution in [1.82, 2.24) is 5.32 Å². The second-order valence-electron chi connectivity index (χ2n) is 6.41. The summed E-state index contributed by atoms with van der Waals surface area (Å²) >= 11 is 0. The summed E-state index contributed by atoms with van der Waals surface area (Å²) in [5.41, 5.74) is 1.30. The van der Waals surface area contributed by atoms with Gasteiger partial charge in [0, 0.05) is 17.8 Å². The third-order valence-corrected chi connectivity index (χ3v) is 5.55. The van der Waals surface area contributed by atoms with E-state index < -0.39 is 27.6 Å². The topological polar surface area (TPSA) is 75.3 Å². The first-order valence-corrected chi connectivity index (χ1v) is 10.1. The number of hydrogen-bond donors (Lipinski definition) is 2. The lowest BCUT2D eigenvalue weighted by atomic mass is 10.1. The van der Waals surface area contributed by atoms with Gasteiger partial charge in [0.25, 0.3) is 15.9 Å². The zero-order chi connectivity index (χ0) is 21.0. The molecule has 0 saturated heterocycles. The van der Waals surface area contributed by atoms with Crippen molar-refractivity contribution in [3.8, 4) is 0 Å². The Morgan fingerprint density at radius 3 is 2.45 bits per heavy atom. The Morgan fingerprint density at radius 2 is 1.72 bits per heavy atom. The molecule has 3 aromatic carbocycles. The third kappa shape index (κ3) is 5.17. The van der Waals surface area contributed by atoms with E-state index >= 15 is 0 Å². The minimum Gasteiger partial charge on any atom is -0.348 e. The van der Waals surface area contributed by atoms with E-state index in [1.807, 2.05) is 0 Å². The molecule has 0 aromatic heterocycles. The third-order valence-electron chi connectivity index (χ3n) is 4.17. The van der Waals surface area contributed by atoms with Crippen LogP contribution in [0.1, 0.15) is 21.5 Å². The molecule has 0 saturated carbocycles. The minimum atomic E-state index is -4.02. The fraction of sp³-hybridized carbons (Fsp3) is 0.0952. The first kappa shape index (κ1) is 20.5. The van der Waals surface area contributed by atoms with Gasteiger partial charge < -0.3 is 5.32 Å². The monoisotopic (exact) mass is 416 g/mol. The Labute approximate surface area is 167 Å². The molecule has 2 N–H and O–H groups in total. The number of aryl methyl sites for hydroxylation is 1. The normalized spacial score (nSPS) is 11.1. The van der Waals surface area contributed by atoms with E-state index in [-0.39, 0.29) is 22.7 Å². The highest BCUT2D eigenvalue weighted by Crippen LogP contribution is 2.19. The van der Waals surface area contributed by atoms with Gasteiger partial charge in [-0.15, -0.1) is 0 Å². The smallest absolute Gasteiger partial charge is 0.261 e. The summed E-state index contributed by atoms with van der Waals surface area (Å²) in [5.74, 6) is -1.48. The Kier molecular flexibility index (Phi) is 5.93. The molecule has 150 valence electrons. The van der Waals surface area contributed by atoms with Crippen molar-refractivity contribution in [2.75, 3.05) is 4.72 Å². The first-order valence-electron chi connectivity index (χ1n) is 8.66. The molecule has 0 spiro atoms. The highest BCUT2D eigenvalue weighted by Gasteiger charge is 2.16. The zero-order valence-electron chi connectivity index (χ0n) is 15.4. The van der Waals surface area contributed by atoms with Crippen molar-refractivity contribution in [2.45, 2.75) is 18.4 Å². The molecular formula is C21H18F2N2O3S. The summed E-state index contributed by atoms with van der Waals surface area (Å²) in [4.78, 5) is 12.1. The van der Waals surface area contributed by atoms with Gasteiger partial charge in [-0.05, 0) is 60.5 Å². The number of halogens is 2. The van der Waals surface area contributed by atoms with Crippen molar-refractivity contribution in [1.29, 1.82) is 0 Å². The van der Waals surface area contributed by atoms with Gasteiger partial charge in [0.05, 0.1) is 4.90 Å². The first-order chi connectivity index (χ1) is 13.7. The molecule has 3 aromatic rings. The van der Waals surface area contributed by atoms with E-state index in [0.29, 0.717) is 11.1 Å². The molecule has 1 amide bonds. The Hall–Kier alpha value is -3.26. The molecule has 0 bridgehead atoms. The molecule has 8 heteroatoms. The highest BCUT2D eigenvalue weighted by molar-refractivity contribution is 7.92. The molecule has 3 rings (SSSR count). The lowest BCUT2D eigenvalue weighted by Crippen LogP contribution is -2.23. The van der Waals surface area contributed by atoms with Crippen LogP contribution in [0.15, 0.2) is 71.6 Å². The van der Waals surface area contributed by atoms with Crippen LogP contribution in [-0.4, -0.2) is 14.3 Å². The van der Waals surface area contributed by atoms with Gasteiger partial charge in [-0.3, -0.25) is 9.52 Å². The van der Waals surface area contributed by atoms with Gasteiger partial charge in [-0.1, -0.05) is 24.3 Å². The fourth-order valence-corrected chi connectivity index (χ4v) is 3.67. The molecule has 0 heterocycles. The molecule has 0 aliphatic carbocycles. The maximum absolute atomic E-state index is 13.7. The quantitative estimate of drug-likeness (QED) is 0.638. The molecule has 5 nitrogen and oxygen atoms in total. The highest BCUT2D eigenvalue weighted by atomic mass is 32.2. The predicted molar refractivity (Wildman–Crippen MR) is 106 cm³/mol. The van der Waals surface area contributed by atoms with Crippen LogP contribution < -0.4 is 10.0 Å². The average molecular weight is 416 g/mol. The van der Waals surface area contributed by atoms with E-state index in [2.05, 4.69) is 10.0 Å². The summed E-state index contributed by atoms with van der Waals surface area (Å²) in [7, 11) is -4.02. The number of carbonyl (C=O) groups is 1. The number of amides is 1. The van der Waals surface area contributed by atoms with Gasteiger partial charge in [-0.2, -0.15) is 0 Å². The lowest BCUT2D eigenvalue weighted by molar-refractivity contribution is 0.0951. The van der Waals surface area contributed by atoms with Gasteiger partial charge in [0.1, 0.15) is 11.6 Å². The van der Waals surface area contributed by atoms with Crippen LogP contribution in [0.4, 0.5) is 14.5 Å². The van der Waals surface area contributed by atoms with E-state index in [0.717, 1.165) is 6.07 Å². The number of benzene rings is 3. The molecule has 29 heavy (non-hydrogen) atoms. The van der Waals surface area contributed by atoms with Gasteiger partial charge in [0.15, 0.2) is 0 Å². The number of nitrogens with one attached hydrogen (secondary N) is 2. The van der Waals surface area contributed by atoms with Crippen LogP contribution in [0.2, 0.25) is 0 Å². The van der Waals surface area contributed by atoms with E-state index in [4.69, 9.17) is 0 Å².